The number of likely N-dealkylation sites (N-methyl/N-ethyl adjacent to an activating group) is 1. The number of hydrogen-bond donors (Lipinski definition) is 0. The molecule has 1 saturated heterocycles. The van der Waals surface area contributed by atoms with Gasteiger partial charge in [-0.2, -0.15) is 0 Å². The van der Waals surface area contributed by atoms with E-state index >= 15 is 0 Å². The lowest BCUT2D eigenvalue weighted by Crippen LogP contribution is -2.36. The zero-order chi connectivity index (χ0) is 15.0. The first-order valence-electron chi connectivity index (χ1n) is 7.64. The van der Waals surface area contributed by atoms with Crippen molar-refractivity contribution in [1.29, 1.82) is 0 Å². The third-order valence-electron chi connectivity index (χ3n) is 4.33. The molecular weight excluding hydrogens is 350 g/mol. The van der Waals surface area contributed by atoms with E-state index in [4.69, 9.17) is 16.6 Å². The van der Waals surface area contributed by atoms with Crippen LogP contribution in [0.25, 0.3) is 11.0 Å². The Morgan fingerprint density at radius 2 is 2.29 bits per heavy atom. The third kappa shape index (κ3) is 2.99. The van der Waals surface area contributed by atoms with E-state index in [1.54, 1.807) is 0 Å². The van der Waals surface area contributed by atoms with E-state index in [0.717, 1.165) is 28.9 Å². The summed E-state index contributed by atoms with van der Waals surface area (Å²) in [4.78, 5) is 7.29. The first-order valence-corrected chi connectivity index (χ1v) is 8.87. The Labute approximate surface area is 139 Å². The van der Waals surface area contributed by atoms with E-state index in [0.29, 0.717) is 6.04 Å². The number of likely N-dealkylation sites (tertiary alicyclic amines) is 1. The number of aromatic nitrogens is 2. The second-order valence-electron chi connectivity index (χ2n) is 5.78. The average molecular weight is 371 g/mol. The van der Waals surface area contributed by atoms with Crippen LogP contribution in [0.5, 0.6) is 0 Å². The van der Waals surface area contributed by atoms with Crippen molar-refractivity contribution in [2.75, 3.05) is 19.6 Å². The summed E-state index contributed by atoms with van der Waals surface area (Å²) in [5, 5.41) is -0.0758. The molecule has 0 spiro atoms. The number of nitrogens with zero attached hydrogens (tertiary/aromatic N) is 3. The van der Waals surface area contributed by atoms with E-state index in [9.17, 15) is 0 Å². The molecule has 2 heterocycles. The summed E-state index contributed by atoms with van der Waals surface area (Å²) in [7, 11) is 0. The molecular formula is C16H21BrClN3. The van der Waals surface area contributed by atoms with Crippen LogP contribution in [0, 0.1) is 0 Å². The number of hydrogen-bond acceptors (Lipinski definition) is 2. The van der Waals surface area contributed by atoms with Gasteiger partial charge in [0.25, 0.3) is 0 Å². The first kappa shape index (κ1) is 15.3. The highest BCUT2D eigenvalue weighted by molar-refractivity contribution is 9.10. The fourth-order valence-corrected chi connectivity index (χ4v) is 3.78. The van der Waals surface area contributed by atoms with E-state index in [-0.39, 0.29) is 5.38 Å². The summed E-state index contributed by atoms with van der Waals surface area (Å²) in [6.07, 6.45) is 2.44. The fourth-order valence-electron chi connectivity index (χ4n) is 3.28. The third-order valence-corrected chi connectivity index (χ3v) is 5.02. The quantitative estimate of drug-likeness (QED) is 0.727. The van der Waals surface area contributed by atoms with Crippen LogP contribution in [0.1, 0.15) is 43.9 Å². The van der Waals surface area contributed by atoms with Gasteiger partial charge in [0.1, 0.15) is 5.82 Å². The minimum Gasteiger partial charge on any atom is -0.322 e. The Hall–Kier alpha value is -0.580. The molecule has 2 aromatic rings. The van der Waals surface area contributed by atoms with Gasteiger partial charge in [-0.3, -0.25) is 0 Å². The van der Waals surface area contributed by atoms with Gasteiger partial charge >= 0.3 is 0 Å². The second-order valence-corrected chi connectivity index (χ2v) is 7.35. The monoisotopic (exact) mass is 369 g/mol. The zero-order valence-corrected chi connectivity index (χ0v) is 14.9. The molecule has 1 fully saturated rings. The van der Waals surface area contributed by atoms with Crippen LogP contribution in [0.15, 0.2) is 22.7 Å². The molecule has 0 radical (unpaired) electrons. The fraction of sp³-hybridized carbons (Fsp3) is 0.562. The smallest absolute Gasteiger partial charge is 0.128 e. The number of alkyl halides is 1. The first-order chi connectivity index (χ1) is 10.1. The van der Waals surface area contributed by atoms with Gasteiger partial charge in [-0.05, 0) is 51.1 Å². The minimum absolute atomic E-state index is 0.0758. The molecule has 21 heavy (non-hydrogen) atoms. The number of piperidine rings is 1. The van der Waals surface area contributed by atoms with Gasteiger partial charge < -0.3 is 9.47 Å². The maximum Gasteiger partial charge on any atom is 0.128 e. The van der Waals surface area contributed by atoms with Crippen molar-refractivity contribution in [1.82, 2.24) is 14.5 Å². The Morgan fingerprint density at radius 3 is 3.00 bits per heavy atom. The topological polar surface area (TPSA) is 21.1 Å². The molecule has 5 heteroatoms. The van der Waals surface area contributed by atoms with Gasteiger partial charge in [0, 0.05) is 17.1 Å². The van der Waals surface area contributed by atoms with Gasteiger partial charge in [-0.25, -0.2) is 4.98 Å². The van der Waals surface area contributed by atoms with Crippen molar-refractivity contribution in [3.8, 4) is 0 Å². The molecule has 114 valence electrons. The molecule has 1 aliphatic heterocycles. The highest BCUT2D eigenvalue weighted by Gasteiger charge is 2.26. The van der Waals surface area contributed by atoms with Crippen molar-refractivity contribution in [2.45, 2.75) is 38.1 Å². The predicted molar refractivity (Wildman–Crippen MR) is 92.1 cm³/mol. The van der Waals surface area contributed by atoms with Crippen LogP contribution in [0.2, 0.25) is 0 Å². The van der Waals surface area contributed by atoms with Crippen molar-refractivity contribution in [3.63, 3.8) is 0 Å². The van der Waals surface area contributed by atoms with Crippen molar-refractivity contribution < 1.29 is 0 Å². The highest BCUT2D eigenvalue weighted by atomic mass is 79.9. The van der Waals surface area contributed by atoms with E-state index in [1.165, 1.54) is 24.9 Å². The van der Waals surface area contributed by atoms with Crippen LogP contribution < -0.4 is 0 Å². The Kier molecular flexibility index (Phi) is 4.57. The van der Waals surface area contributed by atoms with Gasteiger partial charge in [0.15, 0.2) is 0 Å². The molecule has 3 rings (SSSR count). The summed E-state index contributed by atoms with van der Waals surface area (Å²) in [5.74, 6) is 0.993. The molecule has 3 nitrogen and oxygen atoms in total. The molecule has 2 atom stereocenters. The normalized spacial score (nSPS) is 21.8. The van der Waals surface area contributed by atoms with Crippen molar-refractivity contribution >= 4 is 38.6 Å². The lowest BCUT2D eigenvalue weighted by molar-refractivity contribution is 0.185. The highest BCUT2D eigenvalue weighted by Crippen LogP contribution is 2.33. The summed E-state index contributed by atoms with van der Waals surface area (Å²) in [5.41, 5.74) is 2.23. The number of imidazole rings is 1. The molecule has 1 aromatic carbocycles. The van der Waals surface area contributed by atoms with Crippen LogP contribution in [-0.4, -0.2) is 34.1 Å². The predicted octanol–water partition coefficient (Wildman–Crippen LogP) is 4.76. The summed E-state index contributed by atoms with van der Waals surface area (Å²) >= 11 is 9.98. The van der Waals surface area contributed by atoms with Crippen LogP contribution in [0.3, 0.4) is 0 Å². The summed E-state index contributed by atoms with van der Waals surface area (Å²) in [6, 6.07) is 6.74. The van der Waals surface area contributed by atoms with E-state index < -0.39 is 0 Å². The Balaban J connectivity index is 2.10. The van der Waals surface area contributed by atoms with Crippen molar-refractivity contribution in [3.05, 3.63) is 28.5 Å². The van der Waals surface area contributed by atoms with Gasteiger partial charge in [0.2, 0.25) is 0 Å². The maximum atomic E-state index is 6.40. The molecule has 0 N–H and O–H groups in total. The van der Waals surface area contributed by atoms with Gasteiger partial charge in [-0.1, -0.05) is 22.9 Å². The molecule has 0 aliphatic carbocycles. The number of halogens is 2. The van der Waals surface area contributed by atoms with Crippen LogP contribution in [-0.2, 0) is 0 Å². The lowest BCUT2D eigenvalue weighted by atomic mass is 10.0. The zero-order valence-electron chi connectivity index (χ0n) is 12.5. The maximum absolute atomic E-state index is 6.40. The van der Waals surface area contributed by atoms with E-state index in [1.807, 2.05) is 13.0 Å². The molecule has 2 unspecified atom stereocenters. The Morgan fingerprint density at radius 1 is 1.48 bits per heavy atom. The number of benzene rings is 1. The SMILES string of the molecule is CCN1CCCC(n2c(C(C)Cl)nc3ccc(Br)cc32)C1. The summed E-state index contributed by atoms with van der Waals surface area (Å²) < 4.78 is 3.47. The lowest BCUT2D eigenvalue weighted by Gasteiger charge is -2.34. The van der Waals surface area contributed by atoms with Gasteiger partial charge in [-0.15, -0.1) is 11.6 Å². The number of rotatable bonds is 3. The average Bonchev–Trinajstić information content (AvgIpc) is 2.86. The second kappa shape index (κ2) is 6.27. The molecule has 1 aromatic heterocycles. The van der Waals surface area contributed by atoms with Gasteiger partial charge in [0.05, 0.1) is 16.4 Å². The molecule has 0 saturated carbocycles. The molecule has 0 amide bonds. The molecule has 1 aliphatic rings. The minimum atomic E-state index is -0.0758. The van der Waals surface area contributed by atoms with Crippen molar-refractivity contribution in [2.24, 2.45) is 0 Å². The largest absolute Gasteiger partial charge is 0.322 e. The van der Waals surface area contributed by atoms with Crippen LogP contribution in [0.4, 0.5) is 0 Å². The Bertz CT molecular complexity index is 638. The number of fused-ring (bicyclic) bond motifs is 1. The standard InChI is InChI=1S/C16H21BrClN3/c1-3-20-8-4-5-13(10-20)21-15-9-12(17)6-7-14(15)19-16(21)11(2)18/h6-7,9,11,13H,3-5,8,10H2,1-2H3. The summed E-state index contributed by atoms with van der Waals surface area (Å²) in [6.45, 7) is 7.64. The van der Waals surface area contributed by atoms with Crippen LogP contribution >= 0.6 is 27.5 Å². The molecule has 0 bridgehead atoms. The van der Waals surface area contributed by atoms with E-state index in [2.05, 4.69) is 44.5 Å².